The molecule has 0 bridgehead atoms. The summed E-state index contributed by atoms with van der Waals surface area (Å²) in [5.41, 5.74) is 4.91. The third-order valence-electron chi connectivity index (χ3n) is 1.87. The fourth-order valence-electron chi connectivity index (χ4n) is 1.23. The zero-order valence-corrected chi connectivity index (χ0v) is 7.90. The Bertz CT molecular complexity index is 302. The SMILES string of the molecule is NCC(N1CCNS1(=O)=O)C(F)(F)F. The molecule has 3 N–H and O–H groups in total. The highest BCUT2D eigenvalue weighted by Crippen LogP contribution is 2.26. The summed E-state index contributed by atoms with van der Waals surface area (Å²) in [5, 5.41) is 0. The third kappa shape index (κ3) is 2.16. The molecule has 84 valence electrons. The van der Waals surface area contributed by atoms with Gasteiger partial charge in [-0.1, -0.05) is 0 Å². The topological polar surface area (TPSA) is 75.4 Å². The Balaban J connectivity index is 2.91. The van der Waals surface area contributed by atoms with Crippen molar-refractivity contribution >= 4 is 10.2 Å². The first kappa shape index (κ1) is 11.7. The standard InChI is InChI=1S/C5H10F3N3O2S/c6-5(7,8)4(3-9)11-2-1-10-14(11,12)13/h4,10H,1-3,9H2. The van der Waals surface area contributed by atoms with Crippen molar-refractivity contribution in [2.45, 2.75) is 12.2 Å². The normalized spacial score (nSPS) is 25.1. The number of alkyl halides is 3. The molecule has 1 saturated heterocycles. The van der Waals surface area contributed by atoms with E-state index >= 15 is 0 Å². The Kier molecular flexibility index (Phi) is 3.04. The summed E-state index contributed by atoms with van der Waals surface area (Å²) in [6, 6.07) is -2.14. The van der Waals surface area contributed by atoms with Crippen molar-refractivity contribution in [1.29, 1.82) is 0 Å². The van der Waals surface area contributed by atoms with Crippen LogP contribution < -0.4 is 10.5 Å². The van der Waals surface area contributed by atoms with Crippen molar-refractivity contribution in [2.75, 3.05) is 19.6 Å². The van der Waals surface area contributed by atoms with E-state index in [1.165, 1.54) is 0 Å². The summed E-state index contributed by atoms with van der Waals surface area (Å²) in [5.74, 6) is 0. The fourth-order valence-corrected chi connectivity index (χ4v) is 2.61. The summed E-state index contributed by atoms with van der Waals surface area (Å²) >= 11 is 0. The third-order valence-corrected chi connectivity index (χ3v) is 3.50. The van der Waals surface area contributed by atoms with Gasteiger partial charge in [-0.05, 0) is 0 Å². The molecule has 1 heterocycles. The van der Waals surface area contributed by atoms with Crippen molar-refractivity contribution in [1.82, 2.24) is 9.03 Å². The molecular formula is C5H10F3N3O2S. The van der Waals surface area contributed by atoms with E-state index in [0.717, 1.165) is 0 Å². The van der Waals surface area contributed by atoms with E-state index in [1.54, 1.807) is 0 Å². The monoisotopic (exact) mass is 233 g/mol. The van der Waals surface area contributed by atoms with Crippen molar-refractivity contribution in [3.63, 3.8) is 0 Å². The van der Waals surface area contributed by atoms with Crippen molar-refractivity contribution in [3.05, 3.63) is 0 Å². The molecule has 0 amide bonds. The van der Waals surface area contributed by atoms with E-state index < -0.39 is 29.0 Å². The van der Waals surface area contributed by atoms with Crippen LogP contribution >= 0.6 is 0 Å². The quantitative estimate of drug-likeness (QED) is 0.644. The Morgan fingerprint density at radius 2 is 2.07 bits per heavy atom. The second kappa shape index (κ2) is 3.65. The zero-order chi connectivity index (χ0) is 11.0. The second-order valence-electron chi connectivity index (χ2n) is 2.80. The summed E-state index contributed by atoms with van der Waals surface area (Å²) in [7, 11) is -4.00. The minimum atomic E-state index is -4.63. The van der Waals surface area contributed by atoms with Crippen LogP contribution in [0.2, 0.25) is 0 Å². The van der Waals surface area contributed by atoms with E-state index in [9.17, 15) is 21.6 Å². The van der Waals surface area contributed by atoms with Crippen molar-refractivity contribution in [3.8, 4) is 0 Å². The highest BCUT2D eigenvalue weighted by molar-refractivity contribution is 7.87. The first-order chi connectivity index (χ1) is 6.29. The predicted molar refractivity (Wildman–Crippen MR) is 42.5 cm³/mol. The van der Waals surface area contributed by atoms with Crippen LogP contribution in [0.25, 0.3) is 0 Å². The first-order valence-corrected chi connectivity index (χ1v) is 5.26. The highest BCUT2D eigenvalue weighted by Gasteiger charge is 2.48. The molecule has 1 atom stereocenters. The van der Waals surface area contributed by atoms with Crippen molar-refractivity contribution in [2.24, 2.45) is 5.73 Å². The lowest BCUT2D eigenvalue weighted by molar-refractivity contribution is -0.167. The molecule has 1 fully saturated rings. The lowest BCUT2D eigenvalue weighted by Crippen LogP contribution is -2.51. The van der Waals surface area contributed by atoms with Gasteiger partial charge >= 0.3 is 6.18 Å². The molecule has 0 aromatic carbocycles. The Labute approximate surface area is 79.2 Å². The minimum Gasteiger partial charge on any atom is -0.329 e. The van der Waals surface area contributed by atoms with E-state index in [2.05, 4.69) is 0 Å². The number of nitrogens with zero attached hydrogens (tertiary/aromatic N) is 1. The first-order valence-electron chi connectivity index (χ1n) is 3.82. The van der Waals surface area contributed by atoms with Gasteiger partial charge in [0.25, 0.3) is 10.2 Å². The summed E-state index contributed by atoms with van der Waals surface area (Å²) in [6.07, 6.45) is -4.63. The Morgan fingerprint density at radius 3 is 2.36 bits per heavy atom. The van der Waals surface area contributed by atoms with Gasteiger partial charge in [0.1, 0.15) is 6.04 Å². The molecule has 0 radical (unpaired) electrons. The molecule has 1 aliphatic heterocycles. The number of hydrogen-bond donors (Lipinski definition) is 2. The lowest BCUT2D eigenvalue weighted by atomic mass is 10.3. The highest BCUT2D eigenvalue weighted by atomic mass is 32.2. The molecular weight excluding hydrogens is 223 g/mol. The number of rotatable bonds is 2. The van der Waals surface area contributed by atoms with Gasteiger partial charge in [-0.2, -0.15) is 25.9 Å². The molecule has 0 aromatic heterocycles. The number of nitrogens with one attached hydrogen (secondary N) is 1. The van der Waals surface area contributed by atoms with Crippen LogP contribution in [0.3, 0.4) is 0 Å². The zero-order valence-electron chi connectivity index (χ0n) is 7.08. The Hall–Kier alpha value is -0.380. The molecule has 0 saturated carbocycles. The van der Waals surface area contributed by atoms with E-state index in [0.29, 0.717) is 4.31 Å². The van der Waals surface area contributed by atoms with Crippen LogP contribution in [-0.2, 0) is 10.2 Å². The van der Waals surface area contributed by atoms with Crippen molar-refractivity contribution < 1.29 is 21.6 Å². The second-order valence-corrected chi connectivity index (χ2v) is 4.51. The molecule has 0 aromatic rings. The molecule has 9 heteroatoms. The van der Waals surface area contributed by atoms with Crippen LogP contribution in [-0.4, -0.2) is 44.6 Å². The van der Waals surface area contributed by atoms with Crippen LogP contribution in [0.15, 0.2) is 0 Å². The van der Waals surface area contributed by atoms with Gasteiger partial charge in [-0.3, -0.25) is 0 Å². The Morgan fingerprint density at radius 1 is 1.50 bits per heavy atom. The average molecular weight is 233 g/mol. The summed E-state index contributed by atoms with van der Waals surface area (Å²) in [6.45, 7) is -0.997. The smallest absolute Gasteiger partial charge is 0.329 e. The summed E-state index contributed by atoms with van der Waals surface area (Å²) in [4.78, 5) is 0. The van der Waals surface area contributed by atoms with Crippen LogP contribution in [0.1, 0.15) is 0 Å². The van der Waals surface area contributed by atoms with E-state index in [4.69, 9.17) is 5.73 Å². The van der Waals surface area contributed by atoms with Crippen LogP contribution in [0.5, 0.6) is 0 Å². The summed E-state index contributed by atoms with van der Waals surface area (Å²) < 4.78 is 61.4. The average Bonchev–Trinajstić information content (AvgIpc) is 2.30. The molecule has 5 nitrogen and oxygen atoms in total. The van der Waals surface area contributed by atoms with E-state index in [-0.39, 0.29) is 13.1 Å². The number of hydrogen-bond acceptors (Lipinski definition) is 3. The predicted octanol–water partition coefficient (Wildman–Crippen LogP) is -0.974. The van der Waals surface area contributed by atoms with E-state index in [1.807, 2.05) is 4.72 Å². The molecule has 14 heavy (non-hydrogen) atoms. The molecule has 0 spiro atoms. The van der Waals surface area contributed by atoms with Gasteiger partial charge < -0.3 is 5.73 Å². The van der Waals surface area contributed by atoms with Gasteiger partial charge in [0.05, 0.1) is 0 Å². The molecule has 1 aliphatic rings. The largest absolute Gasteiger partial charge is 0.406 e. The minimum absolute atomic E-state index is 0.0189. The molecule has 0 aliphatic carbocycles. The van der Waals surface area contributed by atoms with Crippen LogP contribution in [0, 0.1) is 0 Å². The maximum Gasteiger partial charge on any atom is 0.406 e. The van der Waals surface area contributed by atoms with Gasteiger partial charge in [0.15, 0.2) is 0 Å². The number of halogens is 3. The number of nitrogens with two attached hydrogens (primary N) is 1. The molecule has 1 unspecified atom stereocenters. The van der Waals surface area contributed by atoms with Gasteiger partial charge in [-0.25, -0.2) is 4.72 Å². The maximum atomic E-state index is 12.3. The van der Waals surface area contributed by atoms with Gasteiger partial charge in [0, 0.05) is 19.6 Å². The maximum absolute atomic E-state index is 12.3. The molecule has 1 rings (SSSR count). The lowest BCUT2D eigenvalue weighted by Gasteiger charge is -2.26. The van der Waals surface area contributed by atoms with Crippen LogP contribution in [0.4, 0.5) is 13.2 Å². The fraction of sp³-hybridized carbons (Fsp3) is 1.00. The van der Waals surface area contributed by atoms with Gasteiger partial charge in [0.2, 0.25) is 0 Å². The van der Waals surface area contributed by atoms with Gasteiger partial charge in [-0.15, -0.1) is 0 Å².